The van der Waals surface area contributed by atoms with Crippen LogP contribution in [0.2, 0.25) is 5.02 Å². The summed E-state index contributed by atoms with van der Waals surface area (Å²) in [5, 5.41) is 5.76. The minimum absolute atomic E-state index is 0.0941. The first-order valence-corrected chi connectivity index (χ1v) is 11.6. The number of fused-ring (bicyclic) bond motifs is 1. The van der Waals surface area contributed by atoms with E-state index in [4.69, 9.17) is 20.8 Å². The van der Waals surface area contributed by atoms with Crippen molar-refractivity contribution in [1.82, 2.24) is 24.6 Å². The fraction of sp³-hybridized carbons (Fsp3) is 0.280. The monoisotopic (exact) mass is 493 g/mol. The molecule has 0 spiro atoms. The first-order chi connectivity index (χ1) is 17.0. The van der Waals surface area contributed by atoms with Gasteiger partial charge in [-0.1, -0.05) is 35.9 Å². The number of piperazine rings is 1. The van der Waals surface area contributed by atoms with Crippen molar-refractivity contribution >= 4 is 34.4 Å². The van der Waals surface area contributed by atoms with Crippen LogP contribution in [0.25, 0.3) is 16.7 Å². The van der Waals surface area contributed by atoms with Gasteiger partial charge in [0.05, 0.1) is 12.3 Å². The molecule has 10 heteroatoms. The normalized spacial score (nSPS) is 16.1. The fourth-order valence-corrected chi connectivity index (χ4v) is 4.56. The lowest BCUT2D eigenvalue weighted by atomic mass is 10.1. The van der Waals surface area contributed by atoms with Crippen LogP contribution in [0.15, 0.2) is 59.3 Å². The maximum absolute atomic E-state index is 13.4. The van der Waals surface area contributed by atoms with Gasteiger partial charge in [0.25, 0.3) is 11.8 Å². The van der Waals surface area contributed by atoms with Crippen LogP contribution in [0.4, 0.5) is 0 Å². The van der Waals surface area contributed by atoms with E-state index in [9.17, 15) is 9.59 Å². The van der Waals surface area contributed by atoms with E-state index >= 15 is 0 Å². The second-order valence-corrected chi connectivity index (χ2v) is 8.87. The SMILES string of the molecule is COCc1c(C(=O)N2CCN(C(=O)c3ncn(-c4cccc(Cl)c4)n3)CC2C)oc2ccccc12. The zero-order chi connectivity index (χ0) is 24.5. The summed E-state index contributed by atoms with van der Waals surface area (Å²) in [5.74, 6) is -0.122. The molecule has 1 atom stereocenters. The van der Waals surface area contributed by atoms with Crippen molar-refractivity contribution in [3.63, 3.8) is 0 Å². The second-order valence-electron chi connectivity index (χ2n) is 8.43. The number of methoxy groups -OCH3 is 1. The summed E-state index contributed by atoms with van der Waals surface area (Å²) in [7, 11) is 1.59. The lowest BCUT2D eigenvalue weighted by Gasteiger charge is -2.39. The largest absolute Gasteiger partial charge is 0.451 e. The molecule has 4 aromatic rings. The van der Waals surface area contributed by atoms with Crippen LogP contribution in [0.1, 0.15) is 33.7 Å². The van der Waals surface area contributed by atoms with Crippen LogP contribution in [0, 0.1) is 0 Å². The highest BCUT2D eigenvalue weighted by Gasteiger charge is 2.34. The van der Waals surface area contributed by atoms with Gasteiger partial charge in [0.1, 0.15) is 11.9 Å². The lowest BCUT2D eigenvalue weighted by molar-refractivity contribution is 0.0388. The predicted molar refractivity (Wildman–Crippen MR) is 130 cm³/mol. The molecule has 0 N–H and O–H groups in total. The lowest BCUT2D eigenvalue weighted by Crippen LogP contribution is -2.55. The highest BCUT2D eigenvalue weighted by molar-refractivity contribution is 6.30. The number of hydrogen-bond acceptors (Lipinski definition) is 6. The molecule has 0 bridgehead atoms. The summed E-state index contributed by atoms with van der Waals surface area (Å²) in [6, 6.07) is 14.4. The van der Waals surface area contributed by atoms with Crippen molar-refractivity contribution in [2.24, 2.45) is 0 Å². The van der Waals surface area contributed by atoms with E-state index in [2.05, 4.69) is 10.1 Å². The van der Waals surface area contributed by atoms with Crippen molar-refractivity contribution in [2.75, 3.05) is 26.7 Å². The number of benzene rings is 2. The molecule has 1 aliphatic rings. The molecule has 3 heterocycles. The number of furan rings is 1. The molecule has 2 aromatic carbocycles. The number of nitrogens with zero attached hydrogens (tertiary/aromatic N) is 5. The van der Waals surface area contributed by atoms with Gasteiger partial charge < -0.3 is 19.0 Å². The molecular weight excluding hydrogens is 470 g/mol. The Kier molecular flexibility index (Phi) is 6.27. The second kappa shape index (κ2) is 9.52. The van der Waals surface area contributed by atoms with Crippen molar-refractivity contribution < 1.29 is 18.7 Å². The highest BCUT2D eigenvalue weighted by Crippen LogP contribution is 2.28. The van der Waals surface area contributed by atoms with Crippen LogP contribution in [0.3, 0.4) is 0 Å². The van der Waals surface area contributed by atoms with E-state index in [1.54, 1.807) is 35.1 Å². The Morgan fingerprint density at radius 2 is 1.97 bits per heavy atom. The van der Waals surface area contributed by atoms with E-state index in [1.807, 2.05) is 37.3 Å². The van der Waals surface area contributed by atoms with Crippen LogP contribution in [0.5, 0.6) is 0 Å². The number of aromatic nitrogens is 3. The quantitative estimate of drug-likeness (QED) is 0.420. The van der Waals surface area contributed by atoms with Gasteiger partial charge in [0.2, 0.25) is 5.82 Å². The molecule has 0 saturated carbocycles. The molecule has 1 saturated heterocycles. The van der Waals surface area contributed by atoms with E-state index in [0.717, 1.165) is 10.9 Å². The molecule has 0 aliphatic carbocycles. The molecule has 0 radical (unpaired) electrons. The third kappa shape index (κ3) is 4.40. The van der Waals surface area contributed by atoms with Gasteiger partial charge in [0, 0.05) is 48.8 Å². The smallest absolute Gasteiger partial charge is 0.293 e. The van der Waals surface area contributed by atoms with Gasteiger partial charge in [-0.05, 0) is 31.2 Å². The summed E-state index contributed by atoms with van der Waals surface area (Å²) < 4.78 is 12.8. The molecule has 9 nitrogen and oxygen atoms in total. The Labute approximate surface area is 206 Å². The summed E-state index contributed by atoms with van der Waals surface area (Å²) in [5.41, 5.74) is 2.09. The van der Waals surface area contributed by atoms with E-state index in [1.165, 1.54) is 11.0 Å². The van der Waals surface area contributed by atoms with Crippen LogP contribution >= 0.6 is 11.6 Å². The van der Waals surface area contributed by atoms with E-state index in [0.29, 0.717) is 35.9 Å². The Morgan fingerprint density at radius 1 is 1.14 bits per heavy atom. The zero-order valence-electron chi connectivity index (χ0n) is 19.3. The number of ether oxygens (including phenoxy) is 1. The third-order valence-corrected chi connectivity index (χ3v) is 6.35. The average molecular weight is 494 g/mol. The number of para-hydroxylation sites is 1. The fourth-order valence-electron chi connectivity index (χ4n) is 4.38. The maximum Gasteiger partial charge on any atom is 0.293 e. The van der Waals surface area contributed by atoms with Gasteiger partial charge in [-0.3, -0.25) is 9.59 Å². The summed E-state index contributed by atoms with van der Waals surface area (Å²) in [4.78, 5) is 34.1. The Balaban J connectivity index is 1.31. The number of rotatable bonds is 5. The summed E-state index contributed by atoms with van der Waals surface area (Å²) in [6.45, 7) is 3.26. The van der Waals surface area contributed by atoms with Crippen LogP contribution in [-0.2, 0) is 11.3 Å². The average Bonchev–Trinajstić information content (AvgIpc) is 3.49. The molecular formula is C25H24ClN5O4. The number of carbonyl (C=O) groups is 2. The van der Waals surface area contributed by atoms with Crippen LogP contribution in [-0.4, -0.2) is 69.2 Å². The molecule has 180 valence electrons. The van der Waals surface area contributed by atoms with Crippen molar-refractivity contribution in [1.29, 1.82) is 0 Å². The molecule has 1 aliphatic heterocycles. The van der Waals surface area contributed by atoms with Crippen molar-refractivity contribution in [3.8, 4) is 5.69 Å². The summed E-state index contributed by atoms with van der Waals surface area (Å²) in [6.07, 6.45) is 1.49. The van der Waals surface area contributed by atoms with Crippen LogP contribution < -0.4 is 0 Å². The zero-order valence-corrected chi connectivity index (χ0v) is 20.1. The molecule has 35 heavy (non-hydrogen) atoms. The van der Waals surface area contributed by atoms with E-state index < -0.39 is 0 Å². The topological polar surface area (TPSA) is 93.7 Å². The van der Waals surface area contributed by atoms with Gasteiger partial charge in [0.15, 0.2) is 5.76 Å². The molecule has 2 aromatic heterocycles. The number of carbonyl (C=O) groups excluding carboxylic acids is 2. The Hall–Kier alpha value is -3.69. The first kappa shape index (κ1) is 23.1. The van der Waals surface area contributed by atoms with Gasteiger partial charge >= 0.3 is 0 Å². The minimum atomic E-state index is -0.284. The molecule has 1 fully saturated rings. The van der Waals surface area contributed by atoms with Gasteiger partial charge in [-0.25, -0.2) is 9.67 Å². The Morgan fingerprint density at radius 3 is 2.74 bits per heavy atom. The maximum atomic E-state index is 13.4. The minimum Gasteiger partial charge on any atom is -0.451 e. The number of amides is 2. The number of hydrogen-bond donors (Lipinski definition) is 0. The predicted octanol–water partition coefficient (Wildman–Crippen LogP) is 3.80. The third-order valence-electron chi connectivity index (χ3n) is 6.11. The Bertz CT molecular complexity index is 1400. The molecule has 5 rings (SSSR count). The van der Waals surface area contributed by atoms with Gasteiger partial charge in [-0.2, -0.15) is 0 Å². The van der Waals surface area contributed by atoms with Gasteiger partial charge in [-0.15, -0.1) is 5.10 Å². The van der Waals surface area contributed by atoms with Crippen molar-refractivity contribution in [3.05, 3.63) is 77.0 Å². The standard InChI is InChI=1S/C25H24ClN5O4/c1-16-13-29(25(33)23-27-15-31(28-23)18-7-5-6-17(26)12-18)10-11-30(16)24(32)22-20(14-34-2)19-8-3-4-9-21(19)35-22/h3-9,12,15-16H,10-11,13-14H2,1-2H3. The number of halogens is 1. The summed E-state index contributed by atoms with van der Waals surface area (Å²) >= 11 is 6.05. The van der Waals surface area contributed by atoms with E-state index in [-0.39, 0.29) is 36.0 Å². The van der Waals surface area contributed by atoms with Crippen molar-refractivity contribution in [2.45, 2.75) is 19.6 Å². The first-order valence-electron chi connectivity index (χ1n) is 11.2. The molecule has 1 unspecified atom stereocenters. The molecule has 2 amide bonds. The highest BCUT2D eigenvalue weighted by atomic mass is 35.5.